The van der Waals surface area contributed by atoms with Crippen LogP contribution in [0.1, 0.15) is 28.8 Å². The number of rotatable bonds is 5. The van der Waals surface area contributed by atoms with E-state index >= 15 is 0 Å². The molecule has 27 heavy (non-hydrogen) atoms. The van der Waals surface area contributed by atoms with Gasteiger partial charge in [-0.05, 0) is 49.2 Å². The molecule has 0 saturated carbocycles. The van der Waals surface area contributed by atoms with Crippen LogP contribution in [0.5, 0.6) is 5.75 Å². The quantitative estimate of drug-likeness (QED) is 0.456. The van der Waals surface area contributed by atoms with Gasteiger partial charge in [0.25, 0.3) is 5.69 Å². The fraction of sp³-hybridized carbons (Fsp3) is 0.300. The summed E-state index contributed by atoms with van der Waals surface area (Å²) in [4.78, 5) is 25.5. The van der Waals surface area contributed by atoms with Crippen molar-refractivity contribution in [2.45, 2.75) is 12.8 Å². The van der Waals surface area contributed by atoms with Gasteiger partial charge in [0, 0.05) is 30.6 Å². The Bertz CT molecular complexity index is 894. The van der Waals surface area contributed by atoms with Gasteiger partial charge in [-0.15, -0.1) is 0 Å². The minimum Gasteiger partial charge on any atom is -0.497 e. The second kappa shape index (κ2) is 7.87. The Balaban J connectivity index is 1.71. The fourth-order valence-electron chi connectivity index (χ4n) is 3.38. The first-order valence-corrected chi connectivity index (χ1v) is 8.65. The number of nitriles is 1. The second-order valence-electron chi connectivity index (χ2n) is 6.43. The standard InChI is InChI=1S/C20H19N3O4/c1-27-17-5-3-15(4-6-17)20(24)16-8-10-22(11-9-16)18-7-2-14(13-21)12-19(18)23(25)26/h2-7,12,16H,8-11H2,1H3. The molecule has 0 N–H and O–H groups in total. The lowest BCUT2D eigenvalue weighted by atomic mass is 9.88. The van der Waals surface area contributed by atoms with Crippen LogP contribution in [0.15, 0.2) is 42.5 Å². The van der Waals surface area contributed by atoms with Gasteiger partial charge in [0.2, 0.25) is 0 Å². The molecule has 138 valence electrons. The van der Waals surface area contributed by atoms with Gasteiger partial charge in [-0.1, -0.05) is 0 Å². The predicted octanol–water partition coefficient (Wildman–Crippen LogP) is 3.57. The van der Waals surface area contributed by atoms with Gasteiger partial charge in [-0.25, -0.2) is 0 Å². The lowest BCUT2D eigenvalue weighted by Gasteiger charge is -2.32. The van der Waals surface area contributed by atoms with Crippen molar-refractivity contribution in [3.05, 3.63) is 63.7 Å². The molecule has 1 aliphatic rings. The Morgan fingerprint density at radius 3 is 2.44 bits per heavy atom. The van der Waals surface area contributed by atoms with Crippen molar-refractivity contribution in [1.29, 1.82) is 5.26 Å². The van der Waals surface area contributed by atoms with E-state index in [1.54, 1.807) is 43.5 Å². The molecule has 0 aliphatic carbocycles. The molecule has 1 fully saturated rings. The number of anilines is 1. The van der Waals surface area contributed by atoms with E-state index in [0.717, 1.165) is 0 Å². The SMILES string of the molecule is COc1ccc(C(=O)C2CCN(c3ccc(C#N)cc3[N+](=O)[O-])CC2)cc1. The van der Waals surface area contributed by atoms with Crippen molar-refractivity contribution in [2.24, 2.45) is 5.92 Å². The highest BCUT2D eigenvalue weighted by Gasteiger charge is 2.29. The van der Waals surface area contributed by atoms with Gasteiger partial charge in [-0.2, -0.15) is 5.26 Å². The zero-order valence-corrected chi connectivity index (χ0v) is 14.9. The number of hydrogen-bond donors (Lipinski definition) is 0. The molecule has 0 amide bonds. The molecule has 0 unspecified atom stereocenters. The maximum atomic E-state index is 12.7. The minimum absolute atomic E-state index is 0.0750. The third-order valence-corrected chi connectivity index (χ3v) is 4.88. The Morgan fingerprint density at radius 2 is 1.89 bits per heavy atom. The zero-order valence-electron chi connectivity index (χ0n) is 14.9. The summed E-state index contributed by atoms with van der Waals surface area (Å²) in [5.41, 5.74) is 1.33. The molecule has 7 heteroatoms. The number of carbonyl (C=O) groups excluding carboxylic acids is 1. The van der Waals surface area contributed by atoms with Crippen LogP contribution >= 0.6 is 0 Å². The number of nitrogens with zero attached hydrogens (tertiary/aromatic N) is 3. The largest absolute Gasteiger partial charge is 0.497 e. The lowest BCUT2D eigenvalue weighted by molar-refractivity contribution is -0.384. The average Bonchev–Trinajstić information content (AvgIpc) is 2.73. The molecule has 0 radical (unpaired) electrons. The molecule has 0 atom stereocenters. The van der Waals surface area contributed by atoms with E-state index in [-0.39, 0.29) is 23.0 Å². The molecular weight excluding hydrogens is 346 g/mol. The van der Waals surface area contributed by atoms with Crippen LogP contribution in [-0.4, -0.2) is 30.9 Å². The highest BCUT2D eigenvalue weighted by atomic mass is 16.6. The van der Waals surface area contributed by atoms with Crippen LogP contribution in [0.2, 0.25) is 0 Å². The highest BCUT2D eigenvalue weighted by molar-refractivity contribution is 5.98. The topological polar surface area (TPSA) is 96.5 Å². The van der Waals surface area contributed by atoms with E-state index in [0.29, 0.717) is 42.9 Å². The third-order valence-electron chi connectivity index (χ3n) is 4.88. The molecule has 7 nitrogen and oxygen atoms in total. The average molecular weight is 365 g/mol. The number of Topliss-reactive ketones (excluding diaryl/α,β-unsaturated/α-hetero) is 1. The van der Waals surface area contributed by atoms with Crippen LogP contribution in [-0.2, 0) is 0 Å². The number of carbonyl (C=O) groups is 1. The Hall–Kier alpha value is -3.40. The van der Waals surface area contributed by atoms with E-state index in [9.17, 15) is 14.9 Å². The molecule has 3 rings (SSSR count). The monoisotopic (exact) mass is 365 g/mol. The summed E-state index contributed by atoms with van der Waals surface area (Å²) in [5.74, 6) is 0.688. The van der Waals surface area contributed by atoms with E-state index in [4.69, 9.17) is 10.00 Å². The summed E-state index contributed by atoms with van der Waals surface area (Å²) < 4.78 is 5.11. The van der Waals surface area contributed by atoms with Crippen LogP contribution in [0.3, 0.4) is 0 Å². The number of nitro benzene ring substituents is 1. The summed E-state index contributed by atoms with van der Waals surface area (Å²) >= 11 is 0. The molecule has 1 saturated heterocycles. The van der Waals surface area contributed by atoms with Crippen molar-refractivity contribution in [1.82, 2.24) is 0 Å². The summed E-state index contributed by atoms with van der Waals surface area (Å²) in [5, 5.41) is 20.3. The van der Waals surface area contributed by atoms with E-state index in [2.05, 4.69) is 0 Å². The molecule has 1 heterocycles. The molecule has 2 aromatic rings. The van der Waals surface area contributed by atoms with Gasteiger partial charge in [0.05, 0.1) is 23.7 Å². The van der Waals surface area contributed by atoms with Crippen molar-refractivity contribution in [3.8, 4) is 11.8 Å². The van der Waals surface area contributed by atoms with Crippen LogP contribution < -0.4 is 9.64 Å². The van der Waals surface area contributed by atoms with Crippen molar-refractivity contribution in [3.63, 3.8) is 0 Å². The van der Waals surface area contributed by atoms with Crippen LogP contribution in [0.4, 0.5) is 11.4 Å². The first-order chi connectivity index (χ1) is 13.0. The van der Waals surface area contributed by atoms with Crippen molar-refractivity contribution < 1.29 is 14.5 Å². The molecule has 0 bridgehead atoms. The van der Waals surface area contributed by atoms with Gasteiger partial charge in [0.15, 0.2) is 5.78 Å². The van der Waals surface area contributed by atoms with E-state index < -0.39 is 4.92 Å². The maximum absolute atomic E-state index is 12.7. The number of benzene rings is 2. The second-order valence-corrected chi connectivity index (χ2v) is 6.43. The van der Waals surface area contributed by atoms with Gasteiger partial charge >= 0.3 is 0 Å². The number of hydrogen-bond acceptors (Lipinski definition) is 6. The fourth-order valence-corrected chi connectivity index (χ4v) is 3.38. The summed E-state index contributed by atoms with van der Waals surface area (Å²) in [6, 6.07) is 13.5. The van der Waals surface area contributed by atoms with Crippen LogP contribution in [0, 0.1) is 27.4 Å². The van der Waals surface area contributed by atoms with Crippen LogP contribution in [0.25, 0.3) is 0 Å². The van der Waals surface area contributed by atoms with E-state index in [1.807, 2.05) is 11.0 Å². The number of piperidine rings is 1. The third kappa shape index (κ3) is 3.90. The molecular formula is C20H19N3O4. The number of nitro groups is 1. The van der Waals surface area contributed by atoms with Crippen molar-refractivity contribution >= 4 is 17.2 Å². The Labute approximate surface area is 156 Å². The predicted molar refractivity (Wildman–Crippen MR) is 100 cm³/mol. The molecule has 2 aromatic carbocycles. The minimum atomic E-state index is -0.467. The Morgan fingerprint density at radius 1 is 1.22 bits per heavy atom. The molecule has 1 aliphatic heterocycles. The first-order valence-electron chi connectivity index (χ1n) is 8.65. The first kappa shape index (κ1) is 18.4. The maximum Gasteiger partial charge on any atom is 0.293 e. The molecule has 0 spiro atoms. The van der Waals surface area contributed by atoms with Gasteiger partial charge in [0.1, 0.15) is 11.4 Å². The smallest absolute Gasteiger partial charge is 0.293 e. The Kier molecular flexibility index (Phi) is 5.36. The highest BCUT2D eigenvalue weighted by Crippen LogP contribution is 2.33. The van der Waals surface area contributed by atoms with Gasteiger partial charge in [-0.3, -0.25) is 14.9 Å². The summed E-state index contributed by atoms with van der Waals surface area (Å²) in [6.45, 7) is 1.11. The normalized spacial score (nSPS) is 14.4. The van der Waals surface area contributed by atoms with Gasteiger partial charge < -0.3 is 9.64 Å². The zero-order chi connectivity index (χ0) is 19.4. The molecule has 0 aromatic heterocycles. The number of ketones is 1. The van der Waals surface area contributed by atoms with E-state index in [1.165, 1.54) is 6.07 Å². The lowest BCUT2D eigenvalue weighted by Crippen LogP contribution is -2.36. The summed E-state index contributed by atoms with van der Waals surface area (Å²) in [7, 11) is 1.58. The summed E-state index contributed by atoms with van der Waals surface area (Å²) in [6.07, 6.45) is 1.25. The number of methoxy groups -OCH3 is 1. The van der Waals surface area contributed by atoms with Crippen molar-refractivity contribution in [2.75, 3.05) is 25.1 Å². The number of ether oxygens (including phenoxy) is 1.